The zero-order valence-corrected chi connectivity index (χ0v) is 13.1. The van der Waals surface area contributed by atoms with Crippen LogP contribution in [0.15, 0.2) is 18.3 Å². The monoisotopic (exact) mass is 302 g/mol. The van der Waals surface area contributed by atoms with E-state index in [1.54, 1.807) is 0 Å². The molecule has 0 bridgehead atoms. The molecule has 0 amide bonds. The van der Waals surface area contributed by atoms with Crippen LogP contribution in [0.1, 0.15) is 48.3 Å². The molecular weight excluding hydrogens is 284 g/mol. The Balaban J connectivity index is 1.81. The second-order valence-electron chi connectivity index (χ2n) is 5.44. The highest BCUT2D eigenvalue weighted by atomic mass is 35.5. The second kappa shape index (κ2) is 5.98. The standard InChI is InChI=1S/C16H19ClN4/c1-3-11-5-4-8-18-13(11)9-19-15-10(2)14(17)20-16(21-15)12-6-7-12/h4-5,8,12H,3,6-7,9H2,1-2H3,(H,19,20,21). The van der Waals surface area contributed by atoms with Crippen LogP contribution in [-0.4, -0.2) is 15.0 Å². The summed E-state index contributed by atoms with van der Waals surface area (Å²) in [5.41, 5.74) is 3.21. The average Bonchev–Trinajstić information content (AvgIpc) is 3.33. The van der Waals surface area contributed by atoms with Gasteiger partial charge in [-0.2, -0.15) is 0 Å². The molecule has 110 valence electrons. The molecule has 0 saturated heterocycles. The fraction of sp³-hybridized carbons (Fsp3) is 0.438. The lowest BCUT2D eigenvalue weighted by molar-refractivity contribution is 0.901. The number of nitrogens with one attached hydrogen (secondary N) is 1. The predicted molar refractivity (Wildman–Crippen MR) is 84.7 cm³/mol. The summed E-state index contributed by atoms with van der Waals surface area (Å²) in [6.07, 6.45) is 5.13. The number of aryl methyl sites for hydroxylation is 1. The Morgan fingerprint density at radius 1 is 1.33 bits per heavy atom. The van der Waals surface area contributed by atoms with Crippen LogP contribution in [0.2, 0.25) is 5.15 Å². The molecule has 1 aliphatic rings. The number of aromatic nitrogens is 3. The van der Waals surface area contributed by atoms with Crippen molar-refractivity contribution in [2.45, 2.75) is 45.6 Å². The summed E-state index contributed by atoms with van der Waals surface area (Å²) >= 11 is 6.22. The molecule has 4 nitrogen and oxygen atoms in total. The molecule has 3 rings (SSSR count). The summed E-state index contributed by atoms with van der Waals surface area (Å²) in [5.74, 6) is 2.18. The summed E-state index contributed by atoms with van der Waals surface area (Å²) in [5, 5.41) is 3.92. The highest BCUT2D eigenvalue weighted by molar-refractivity contribution is 6.30. The molecule has 0 spiro atoms. The van der Waals surface area contributed by atoms with Crippen molar-refractivity contribution >= 4 is 17.4 Å². The first kappa shape index (κ1) is 14.3. The fourth-order valence-electron chi connectivity index (χ4n) is 2.32. The number of anilines is 1. The Labute approximate surface area is 130 Å². The van der Waals surface area contributed by atoms with Gasteiger partial charge in [-0.3, -0.25) is 4.98 Å². The zero-order valence-electron chi connectivity index (χ0n) is 12.4. The predicted octanol–water partition coefficient (Wildman–Crippen LogP) is 3.89. The number of nitrogens with zero attached hydrogens (tertiary/aromatic N) is 3. The van der Waals surface area contributed by atoms with Crippen LogP contribution in [0.4, 0.5) is 5.82 Å². The number of pyridine rings is 1. The minimum atomic E-state index is 0.490. The van der Waals surface area contributed by atoms with Gasteiger partial charge in [0.25, 0.3) is 0 Å². The Bertz CT molecular complexity index is 653. The van der Waals surface area contributed by atoms with Crippen LogP contribution in [-0.2, 0) is 13.0 Å². The van der Waals surface area contributed by atoms with Gasteiger partial charge < -0.3 is 5.32 Å². The van der Waals surface area contributed by atoms with Crippen molar-refractivity contribution in [2.24, 2.45) is 0 Å². The molecule has 1 saturated carbocycles. The van der Waals surface area contributed by atoms with E-state index >= 15 is 0 Å². The maximum atomic E-state index is 6.22. The van der Waals surface area contributed by atoms with Crippen molar-refractivity contribution in [2.75, 3.05) is 5.32 Å². The molecule has 0 aromatic carbocycles. The van der Waals surface area contributed by atoms with E-state index in [-0.39, 0.29) is 0 Å². The lowest BCUT2D eigenvalue weighted by Crippen LogP contribution is -2.09. The molecular formula is C16H19ClN4. The van der Waals surface area contributed by atoms with E-state index in [9.17, 15) is 0 Å². The molecule has 1 N–H and O–H groups in total. The first-order valence-electron chi connectivity index (χ1n) is 7.39. The molecule has 2 aromatic heterocycles. The number of rotatable bonds is 5. The van der Waals surface area contributed by atoms with Gasteiger partial charge >= 0.3 is 0 Å². The molecule has 1 fully saturated rings. The number of hydrogen-bond donors (Lipinski definition) is 1. The van der Waals surface area contributed by atoms with Crippen molar-refractivity contribution in [3.05, 3.63) is 46.1 Å². The van der Waals surface area contributed by atoms with Crippen molar-refractivity contribution < 1.29 is 0 Å². The highest BCUT2D eigenvalue weighted by Gasteiger charge is 2.28. The van der Waals surface area contributed by atoms with Crippen LogP contribution in [0.25, 0.3) is 0 Å². The molecule has 21 heavy (non-hydrogen) atoms. The quantitative estimate of drug-likeness (QED) is 0.851. The molecule has 0 radical (unpaired) electrons. The van der Waals surface area contributed by atoms with Gasteiger partial charge in [-0.15, -0.1) is 0 Å². The van der Waals surface area contributed by atoms with E-state index in [2.05, 4.69) is 33.3 Å². The summed E-state index contributed by atoms with van der Waals surface area (Å²) in [4.78, 5) is 13.5. The van der Waals surface area contributed by atoms with E-state index in [1.165, 1.54) is 18.4 Å². The highest BCUT2D eigenvalue weighted by Crippen LogP contribution is 2.39. The van der Waals surface area contributed by atoms with Gasteiger partial charge in [-0.1, -0.05) is 24.6 Å². The van der Waals surface area contributed by atoms with Crippen LogP contribution in [0.5, 0.6) is 0 Å². The van der Waals surface area contributed by atoms with E-state index in [0.29, 0.717) is 17.6 Å². The molecule has 2 aromatic rings. The third-order valence-electron chi connectivity index (χ3n) is 3.83. The molecule has 0 atom stereocenters. The van der Waals surface area contributed by atoms with Crippen molar-refractivity contribution in [1.29, 1.82) is 0 Å². The average molecular weight is 303 g/mol. The van der Waals surface area contributed by atoms with Gasteiger partial charge in [0.2, 0.25) is 0 Å². The SMILES string of the molecule is CCc1cccnc1CNc1nc(C2CC2)nc(Cl)c1C. The summed E-state index contributed by atoms with van der Waals surface area (Å²) < 4.78 is 0. The maximum Gasteiger partial charge on any atom is 0.137 e. The van der Waals surface area contributed by atoms with Crippen molar-refractivity contribution in [3.63, 3.8) is 0 Å². The third kappa shape index (κ3) is 3.16. The molecule has 1 aliphatic carbocycles. The normalized spacial score (nSPS) is 14.2. The Morgan fingerprint density at radius 2 is 2.14 bits per heavy atom. The number of halogens is 1. The van der Waals surface area contributed by atoms with Crippen LogP contribution >= 0.6 is 11.6 Å². The summed E-state index contributed by atoms with van der Waals surface area (Å²) in [6, 6.07) is 4.08. The van der Waals surface area contributed by atoms with E-state index in [1.807, 2.05) is 19.2 Å². The molecule has 0 aliphatic heterocycles. The van der Waals surface area contributed by atoms with Gasteiger partial charge in [-0.25, -0.2) is 9.97 Å². The third-order valence-corrected chi connectivity index (χ3v) is 4.20. The van der Waals surface area contributed by atoms with Gasteiger partial charge in [0.1, 0.15) is 16.8 Å². The molecule has 2 heterocycles. The van der Waals surface area contributed by atoms with E-state index in [4.69, 9.17) is 11.6 Å². The fourth-order valence-corrected chi connectivity index (χ4v) is 2.50. The Hall–Kier alpha value is -1.68. The first-order chi connectivity index (χ1) is 10.2. The van der Waals surface area contributed by atoms with Gasteiger partial charge in [0.15, 0.2) is 0 Å². The van der Waals surface area contributed by atoms with Gasteiger partial charge in [0, 0.05) is 17.7 Å². The number of hydrogen-bond acceptors (Lipinski definition) is 4. The van der Waals surface area contributed by atoms with Crippen LogP contribution in [0, 0.1) is 6.92 Å². The van der Waals surface area contributed by atoms with Crippen molar-refractivity contribution in [1.82, 2.24) is 15.0 Å². The largest absolute Gasteiger partial charge is 0.364 e. The van der Waals surface area contributed by atoms with Crippen LogP contribution in [0.3, 0.4) is 0 Å². The van der Waals surface area contributed by atoms with Gasteiger partial charge in [0.05, 0.1) is 12.2 Å². The minimum Gasteiger partial charge on any atom is -0.364 e. The zero-order chi connectivity index (χ0) is 14.8. The Morgan fingerprint density at radius 3 is 2.86 bits per heavy atom. The minimum absolute atomic E-state index is 0.490. The molecule has 5 heteroatoms. The Kier molecular flexibility index (Phi) is 4.06. The maximum absolute atomic E-state index is 6.22. The van der Waals surface area contributed by atoms with Gasteiger partial charge in [-0.05, 0) is 37.8 Å². The van der Waals surface area contributed by atoms with Crippen LogP contribution < -0.4 is 5.32 Å². The topological polar surface area (TPSA) is 50.7 Å². The lowest BCUT2D eigenvalue weighted by Gasteiger charge is -2.12. The summed E-state index contributed by atoms with van der Waals surface area (Å²) in [7, 11) is 0. The van der Waals surface area contributed by atoms with Crippen molar-refractivity contribution in [3.8, 4) is 0 Å². The van der Waals surface area contributed by atoms with E-state index in [0.717, 1.165) is 29.3 Å². The lowest BCUT2D eigenvalue weighted by atomic mass is 10.1. The smallest absolute Gasteiger partial charge is 0.137 e. The first-order valence-corrected chi connectivity index (χ1v) is 7.77. The molecule has 0 unspecified atom stereocenters. The second-order valence-corrected chi connectivity index (χ2v) is 5.79. The van der Waals surface area contributed by atoms with E-state index < -0.39 is 0 Å². The summed E-state index contributed by atoms with van der Waals surface area (Å²) in [6.45, 7) is 4.74.